The number of piperazine rings is 1. The molecule has 3 heterocycles. The van der Waals surface area contributed by atoms with Gasteiger partial charge in [-0.3, -0.25) is 9.78 Å². The Labute approximate surface area is 144 Å². The molecule has 0 saturated carbocycles. The molecule has 3 rings (SSSR count). The van der Waals surface area contributed by atoms with Crippen molar-refractivity contribution in [1.29, 1.82) is 0 Å². The summed E-state index contributed by atoms with van der Waals surface area (Å²) in [6.07, 6.45) is 3.66. The van der Waals surface area contributed by atoms with Crippen LogP contribution in [0.5, 0.6) is 0 Å². The minimum absolute atomic E-state index is 0.138. The summed E-state index contributed by atoms with van der Waals surface area (Å²) in [7, 11) is -0.402. The van der Waals surface area contributed by atoms with Gasteiger partial charge in [0.2, 0.25) is 5.91 Å². The lowest BCUT2D eigenvalue weighted by Crippen LogP contribution is -2.48. The van der Waals surface area contributed by atoms with E-state index in [4.69, 9.17) is 9.31 Å². The molecule has 1 aromatic rings. The maximum atomic E-state index is 11.5. The van der Waals surface area contributed by atoms with Gasteiger partial charge < -0.3 is 19.1 Å². The molecular weight excluding hydrogens is 305 g/mol. The molecular formula is C17H26BN3O3. The van der Waals surface area contributed by atoms with E-state index in [1.807, 2.05) is 38.8 Å². The zero-order valence-electron chi connectivity index (χ0n) is 15.2. The topological polar surface area (TPSA) is 54.9 Å². The van der Waals surface area contributed by atoms with Crippen molar-refractivity contribution in [1.82, 2.24) is 9.88 Å². The fraction of sp³-hybridized carbons (Fsp3) is 0.647. The Bertz CT molecular complexity index is 611. The molecule has 0 aliphatic carbocycles. The smallest absolute Gasteiger partial charge is 0.399 e. The number of amides is 1. The second-order valence-corrected chi connectivity index (χ2v) is 7.56. The Balaban J connectivity index is 1.73. The minimum Gasteiger partial charge on any atom is -0.399 e. The van der Waals surface area contributed by atoms with Gasteiger partial charge in [0.05, 0.1) is 23.1 Å². The summed E-state index contributed by atoms with van der Waals surface area (Å²) in [5.74, 6) is 0.138. The molecule has 2 saturated heterocycles. The molecule has 1 aromatic heterocycles. The summed E-state index contributed by atoms with van der Waals surface area (Å²) >= 11 is 0. The second-order valence-electron chi connectivity index (χ2n) is 7.56. The number of hydrogen-bond acceptors (Lipinski definition) is 5. The lowest BCUT2D eigenvalue weighted by Gasteiger charge is -2.35. The largest absolute Gasteiger partial charge is 0.496 e. The first kappa shape index (κ1) is 17.2. The van der Waals surface area contributed by atoms with E-state index >= 15 is 0 Å². The summed E-state index contributed by atoms with van der Waals surface area (Å²) in [6, 6.07) is 2.08. The Morgan fingerprint density at radius 3 is 2.21 bits per heavy atom. The number of aromatic nitrogens is 1. The quantitative estimate of drug-likeness (QED) is 0.759. The molecule has 0 bridgehead atoms. The maximum absolute atomic E-state index is 11.5. The van der Waals surface area contributed by atoms with Crippen molar-refractivity contribution in [2.24, 2.45) is 0 Å². The molecule has 0 unspecified atom stereocenters. The highest BCUT2D eigenvalue weighted by Gasteiger charge is 2.51. The van der Waals surface area contributed by atoms with Gasteiger partial charge in [0.25, 0.3) is 0 Å². The predicted octanol–water partition coefficient (Wildman–Crippen LogP) is 1.05. The van der Waals surface area contributed by atoms with E-state index in [2.05, 4.69) is 16.0 Å². The van der Waals surface area contributed by atoms with Gasteiger partial charge in [-0.05, 0) is 33.8 Å². The molecule has 0 radical (unpaired) electrons. The van der Waals surface area contributed by atoms with Crippen LogP contribution in [0.25, 0.3) is 0 Å². The number of pyridine rings is 1. The molecule has 0 atom stereocenters. The Hall–Kier alpha value is -1.60. The van der Waals surface area contributed by atoms with Crippen LogP contribution in [0.15, 0.2) is 18.5 Å². The van der Waals surface area contributed by atoms with Crippen molar-refractivity contribution >= 4 is 24.2 Å². The fourth-order valence-electron chi connectivity index (χ4n) is 3.01. The van der Waals surface area contributed by atoms with Gasteiger partial charge in [-0.25, -0.2) is 0 Å². The first-order valence-corrected chi connectivity index (χ1v) is 8.51. The average molecular weight is 331 g/mol. The SMILES string of the molecule is CC(=O)N1CCN(c2cncc(B3OC(C)(C)C(C)(C)O3)c2)CC1. The maximum Gasteiger partial charge on any atom is 0.496 e. The monoisotopic (exact) mass is 331 g/mol. The number of hydrogen-bond donors (Lipinski definition) is 0. The van der Waals surface area contributed by atoms with Crippen molar-refractivity contribution in [3.8, 4) is 0 Å². The third-order valence-corrected chi connectivity index (χ3v) is 5.36. The van der Waals surface area contributed by atoms with Gasteiger partial charge in [0, 0.05) is 44.8 Å². The van der Waals surface area contributed by atoms with Gasteiger partial charge in [0.15, 0.2) is 0 Å². The van der Waals surface area contributed by atoms with Crippen LogP contribution >= 0.6 is 0 Å². The van der Waals surface area contributed by atoms with Crippen LogP contribution in [-0.2, 0) is 14.1 Å². The van der Waals surface area contributed by atoms with Crippen molar-refractivity contribution in [3.63, 3.8) is 0 Å². The van der Waals surface area contributed by atoms with E-state index in [9.17, 15) is 4.79 Å². The van der Waals surface area contributed by atoms with Crippen LogP contribution in [0.4, 0.5) is 5.69 Å². The van der Waals surface area contributed by atoms with Crippen molar-refractivity contribution < 1.29 is 14.1 Å². The van der Waals surface area contributed by atoms with Crippen molar-refractivity contribution in [2.45, 2.75) is 45.8 Å². The summed E-state index contributed by atoms with van der Waals surface area (Å²) in [5.41, 5.74) is 1.26. The first-order chi connectivity index (χ1) is 11.2. The molecule has 0 N–H and O–H groups in total. The van der Waals surface area contributed by atoms with Crippen molar-refractivity contribution in [3.05, 3.63) is 18.5 Å². The predicted molar refractivity (Wildman–Crippen MR) is 94.4 cm³/mol. The third kappa shape index (κ3) is 3.15. The van der Waals surface area contributed by atoms with Gasteiger partial charge >= 0.3 is 7.12 Å². The van der Waals surface area contributed by atoms with Gasteiger partial charge in [-0.2, -0.15) is 0 Å². The fourth-order valence-corrected chi connectivity index (χ4v) is 3.01. The Morgan fingerprint density at radius 2 is 1.67 bits per heavy atom. The normalized spacial score (nSPS) is 22.8. The standard InChI is InChI=1S/C17H26BN3O3/c1-13(22)20-6-8-21(9-7-20)15-10-14(11-19-12-15)18-23-16(2,3)17(4,5)24-18/h10-12H,6-9H2,1-5H3. The summed E-state index contributed by atoms with van der Waals surface area (Å²) in [4.78, 5) is 20.0. The number of carbonyl (C=O) groups is 1. The lowest BCUT2D eigenvalue weighted by atomic mass is 9.80. The van der Waals surface area contributed by atoms with Gasteiger partial charge in [-0.1, -0.05) is 0 Å². The van der Waals surface area contributed by atoms with E-state index < -0.39 is 7.12 Å². The van der Waals surface area contributed by atoms with E-state index in [-0.39, 0.29) is 17.1 Å². The van der Waals surface area contributed by atoms with Crippen LogP contribution in [-0.4, -0.2) is 60.3 Å². The van der Waals surface area contributed by atoms with Crippen LogP contribution < -0.4 is 10.4 Å². The summed E-state index contributed by atoms with van der Waals surface area (Å²) in [6.45, 7) is 12.9. The number of anilines is 1. The van der Waals surface area contributed by atoms with Crippen LogP contribution in [0.1, 0.15) is 34.6 Å². The summed E-state index contributed by atoms with van der Waals surface area (Å²) in [5, 5.41) is 0. The molecule has 1 amide bonds. The second kappa shape index (κ2) is 6.04. The van der Waals surface area contributed by atoms with Crippen molar-refractivity contribution in [2.75, 3.05) is 31.1 Å². The molecule has 0 spiro atoms. The molecule has 7 heteroatoms. The van der Waals surface area contributed by atoms with E-state index in [0.717, 1.165) is 37.3 Å². The Morgan fingerprint density at radius 1 is 1.08 bits per heavy atom. The minimum atomic E-state index is -0.402. The third-order valence-electron chi connectivity index (χ3n) is 5.36. The number of carbonyl (C=O) groups excluding carboxylic acids is 1. The molecule has 130 valence electrons. The molecule has 24 heavy (non-hydrogen) atoms. The highest BCUT2D eigenvalue weighted by atomic mass is 16.7. The molecule has 2 fully saturated rings. The molecule has 0 aromatic carbocycles. The highest BCUT2D eigenvalue weighted by molar-refractivity contribution is 6.62. The molecule has 2 aliphatic heterocycles. The Kier molecular flexibility index (Phi) is 4.34. The van der Waals surface area contributed by atoms with Gasteiger partial charge in [-0.15, -0.1) is 0 Å². The van der Waals surface area contributed by atoms with E-state index in [1.165, 1.54) is 0 Å². The van der Waals surface area contributed by atoms with E-state index in [1.54, 1.807) is 13.1 Å². The number of rotatable bonds is 2. The number of nitrogens with zero attached hydrogens (tertiary/aromatic N) is 3. The first-order valence-electron chi connectivity index (χ1n) is 8.51. The van der Waals surface area contributed by atoms with Gasteiger partial charge in [0.1, 0.15) is 0 Å². The zero-order chi connectivity index (χ0) is 17.5. The van der Waals surface area contributed by atoms with E-state index in [0.29, 0.717) is 0 Å². The molecule has 6 nitrogen and oxygen atoms in total. The average Bonchev–Trinajstić information content (AvgIpc) is 2.76. The highest BCUT2D eigenvalue weighted by Crippen LogP contribution is 2.36. The zero-order valence-corrected chi connectivity index (χ0v) is 15.2. The van der Waals surface area contributed by atoms with Crippen LogP contribution in [0, 0.1) is 0 Å². The van der Waals surface area contributed by atoms with Crippen LogP contribution in [0.3, 0.4) is 0 Å². The van der Waals surface area contributed by atoms with Crippen LogP contribution in [0.2, 0.25) is 0 Å². The molecule has 2 aliphatic rings. The lowest BCUT2D eigenvalue weighted by molar-refractivity contribution is -0.129. The summed E-state index contributed by atoms with van der Waals surface area (Å²) < 4.78 is 12.2.